The van der Waals surface area contributed by atoms with Gasteiger partial charge in [0.05, 0.1) is 17.0 Å². The van der Waals surface area contributed by atoms with Crippen molar-refractivity contribution in [3.8, 4) is 11.3 Å². The van der Waals surface area contributed by atoms with Gasteiger partial charge in [-0.15, -0.1) is 0 Å². The summed E-state index contributed by atoms with van der Waals surface area (Å²) in [6.07, 6.45) is 6.05. The lowest BCUT2D eigenvalue weighted by molar-refractivity contribution is -0.127. The molecule has 188 valence electrons. The first-order valence-corrected chi connectivity index (χ1v) is 14.2. The highest BCUT2D eigenvalue weighted by atomic mass is 32.2. The van der Waals surface area contributed by atoms with Gasteiger partial charge in [-0.2, -0.15) is 0 Å². The fourth-order valence-electron chi connectivity index (χ4n) is 6.03. The van der Waals surface area contributed by atoms with Gasteiger partial charge in [0.1, 0.15) is 0 Å². The van der Waals surface area contributed by atoms with Crippen molar-refractivity contribution < 1.29 is 4.79 Å². The highest BCUT2D eigenvalue weighted by Gasteiger charge is 2.44. The summed E-state index contributed by atoms with van der Waals surface area (Å²) < 4.78 is 1.86. The molecule has 0 radical (unpaired) electrons. The summed E-state index contributed by atoms with van der Waals surface area (Å²) in [6.45, 7) is 5.92. The predicted molar refractivity (Wildman–Crippen MR) is 147 cm³/mol. The topological polar surface area (TPSA) is 55.2 Å². The molecule has 0 saturated heterocycles. The Kier molecular flexibility index (Phi) is 7.33. The van der Waals surface area contributed by atoms with Crippen molar-refractivity contribution in [2.24, 2.45) is 0 Å². The molecule has 5 rings (SSSR count). The molecule has 0 atom stereocenters. The Morgan fingerprint density at radius 2 is 1.72 bits per heavy atom. The molecule has 1 heterocycles. The van der Waals surface area contributed by atoms with Gasteiger partial charge in [-0.05, 0) is 50.7 Å². The van der Waals surface area contributed by atoms with E-state index in [1.807, 2.05) is 47.6 Å². The maximum absolute atomic E-state index is 14.3. The van der Waals surface area contributed by atoms with Gasteiger partial charge in [0.2, 0.25) is 5.91 Å². The number of aromatic nitrogens is 2. The van der Waals surface area contributed by atoms with Gasteiger partial charge in [0.25, 0.3) is 5.56 Å². The average molecular weight is 502 g/mol. The second-order valence-electron chi connectivity index (χ2n) is 9.99. The minimum absolute atomic E-state index is 0.0826. The first-order valence-electron chi connectivity index (χ1n) is 13.2. The molecule has 6 heteroatoms. The first kappa shape index (κ1) is 24.8. The van der Waals surface area contributed by atoms with E-state index in [4.69, 9.17) is 4.98 Å². The van der Waals surface area contributed by atoms with E-state index in [1.54, 1.807) is 0 Å². The van der Waals surface area contributed by atoms with Crippen LogP contribution in [-0.4, -0.2) is 39.2 Å². The number of amides is 1. The van der Waals surface area contributed by atoms with Gasteiger partial charge in [0, 0.05) is 30.6 Å². The van der Waals surface area contributed by atoms with Gasteiger partial charge >= 0.3 is 0 Å². The standard InChI is InChI=1S/C30H35N3O2S/c1-3-32(4-2)25(34)21-36-29-31-27-24-15-9-8-14-23(24)20-30(17-10-11-18-30)26(27)28(35)33(29)19-16-22-12-6-5-7-13-22/h5-9,12-15H,3-4,10-11,16-21H2,1-2H3. The number of thioether (sulfide) groups is 1. The van der Waals surface area contributed by atoms with E-state index in [0.717, 1.165) is 55.3 Å². The molecule has 1 amide bonds. The van der Waals surface area contributed by atoms with E-state index < -0.39 is 0 Å². The first-order chi connectivity index (χ1) is 17.6. The summed E-state index contributed by atoms with van der Waals surface area (Å²) in [7, 11) is 0. The third-order valence-corrected chi connectivity index (χ3v) is 8.90. The van der Waals surface area contributed by atoms with Crippen LogP contribution in [0.3, 0.4) is 0 Å². The quantitative estimate of drug-likeness (QED) is 0.303. The maximum atomic E-state index is 14.3. The summed E-state index contributed by atoms with van der Waals surface area (Å²) in [5.74, 6) is 0.365. The number of carbonyl (C=O) groups excluding carboxylic acids is 1. The number of rotatable bonds is 8. The maximum Gasteiger partial charge on any atom is 0.258 e. The molecule has 2 aliphatic carbocycles. The summed E-state index contributed by atoms with van der Waals surface area (Å²) in [4.78, 5) is 34.2. The van der Waals surface area contributed by atoms with Crippen molar-refractivity contribution in [2.75, 3.05) is 18.8 Å². The number of carbonyl (C=O) groups is 1. The lowest BCUT2D eigenvalue weighted by Gasteiger charge is -2.36. The Morgan fingerprint density at radius 3 is 2.44 bits per heavy atom. The third kappa shape index (κ3) is 4.63. The van der Waals surface area contributed by atoms with E-state index in [2.05, 4.69) is 30.3 Å². The van der Waals surface area contributed by atoms with Crippen LogP contribution >= 0.6 is 11.8 Å². The second kappa shape index (κ2) is 10.6. The lowest BCUT2D eigenvalue weighted by atomic mass is 9.68. The SMILES string of the molecule is CCN(CC)C(=O)CSc1nc2c(c(=O)n1CCc1ccccc1)C1(CCCC1)Cc1ccccc1-2. The predicted octanol–water partition coefficient (Wildman–Crippen LogP) is 5.48. The van der Waals surface area contributed by atoms with Crippen LogP contribution in [0.1, 0.15) is 56.2 Å². The monoisotopic (exact) mass is 501 g/mol. The number of fused-ring (bicyclic) bond motifs is 4. The Morgan fingerprint density at radius 1 is 1.03 bits per heavy atom. The third-order valence-electron chi connectivity index (χ3n) is 7.93. The van der Waals surface area contributed by atoms with E-state index in [9.17, 15) is 9.59 Å². The molecule has 1 aromatic heterocycles. The van der Waals surface area contributed by atoms with Crippen LogP contribution in [0.15, 0.2) is 64.5 Å². The molecule has 2 aliphatic rings. The molecule has 1 fully saturated rings. The summed E-state index contributed by atoms with van der Waals surface area (Å²) >= 11 is 1.40. The van der Waals surface area contributed by atoms with Gasteiger partial charge in [-0.3, -0.25) is 14.2 Å². The number of benzene rings is 2. The zero-order chi connectivity index (χ0) is 25.1. The molecule has 2 aromatic carbocycles. The fraction of sp³-hybridized carbons (Fsp3) is 0.433. The number of hydrogen-bond donors (Lipinski definition) is 0. The van der Waals surface area contributed by atoms with Gasteiger partial charge in [0.15, 0.2) is 5.16 Å². The van der Waals surface area contributed by atoms with Gasteiger partial charge in [-0.1, -0.05) is 79.2 Å². The largest absolute Gasteiger partial charge is 0.343 e. The second-order valence-corrected chi connectivity index (χ2v) is 10.9. The molecule has 0 unspecified atom stereocenters. The minimum Gasteiger partial charge on any atom is -0.343 e. The zero-order valence-electron chi connectivity index (χ0n) is 21.3. The Hall–Kier alpha value is -2.86. The van der Waals surface area contributed by atoms with Crippen LogP contribution in [0, 0.1) is 0 Å². The Bertz CT molecular complexity index is 1290. The summed E-state index contributed by atoms with van der Waals surface area (Å²) in [5.41, 5.74) is 5.28. The zero-order valence-corrected chi connectivity index (χ0v) is 22.2. The molecule has 0 N–H and O–H groups in total. The smallest absolute Gasteiger partial charge is 0.258 e. The van der Waals surface area contributed by atoms with Crippen LogP contribution in [-0.2, 0) is 29.6 Å². The van der Waals surface area contributed by atoms with Gasteiger partial charge < -0.3 is 4.90 Å². The number of hydrogen-bond acceptors (Lipinski definition) is 4. The van der Waals surface area contributed by atoms with Crippen molar-refractivity contribution in [2.45, 2.75) is 69.5 Å². The van der Waals surface area contributed by atoms with Crippen molar-refractivity contribution in [1.29, 1.82) is 0 Å². The normalized spacial score (nSPS) is 15.5. The molecule has 5 nitrogen and oxygen atoms in total. The molecule has 0 bridgehead atoms. The van der Waals surface area contributed by atoms with Crippen LogP contribution in [0.5, 0.6) is 0 Å². The van der Waals surface area contributed by atoms with Crippen LogP contribution in [0.4, 0.5) is 0 Å². The number of aryl methyl sites for hydroxylation is 1. The molecule has 1 spiro atoms. The van der Waals surface area contributed by atoms with Crippen LogP contribution in [0.2, 0.25) is 0 Å². The van der Waals surface area contributed by atoms with E-state index >= 15 is 0 Å². The van der Waals surface area contributed by atoms with Crippen molar-refractivity contribution in [3.05, 3.63) is 81.6 Å². The van der Waals surface area contributed by atoms with Crippen molar-refractivity contribution in [3.63, 3.8) is 0 Å². The fourth-order valence-corrected chi connectivity index (χ4v) is 6.95. The molecule has 36 heavy (non-hydrogen) atoms. The molecule has 1 saturated carbocycles. The van der Waals surface area contributed by atoms with E-state index in [0.29, 0.717) is 24.8 Å². The lowest BCUT2D eigenvalue weighted by Crippen LogP contribution is -2.40. The summed E-state index contributed by atoms with van der Waals surface area (Å²) in [5, 5.41) is 0.653. The molecule has 3 aromatic rings. The average Bonchev–Trinajstić information content (AvgIpc) is 3.36. The minimum atomic E-state index is -0.123. The Balaban J connectivity index is 1.60. The van der Waals surface area contributed by atoms with Crippen molar-refractivity contribution >= 4 is 17.7 Å². The van der Waals surface area contributed by atoms with Crippen LogP contribution in [0.25, 0.3) is 11.3 Å². The van der Waals surface area contributed by atoms with Gasteiger partial charge in [-0.25, -0.2) is 4.98 Å². The Labute approximate surface area is 217 Å². The summed E-state index contributed by atoms with van der Waals surface area (Å²) in [6, 6.07) is 18.7. The van der Waals surface area contributed by atoms with E-state index in [-0.39, 0.29) is 22.6 Å². The van der Waals surface area contributed by atoms with Crippen molar-refractivity contribution in [1.82, 2.24) is 14.5 Å². The molecular weight excluding hydrogens is 466 g/mol. The highest BCUT2D eigenvalue weighted by molar-refractivity contribution is 7.99. The number of nitrogens with zero attached hydrogens (tertiary/aromatic N) is 3. The molecule has 0 aliphatic heterocycles. The molecular formula is C30H35N3O2S. The van der Waals surface area contributed by atoms with E-state index in [1.165, 1.54) is 22.9 Å². The van der Waals surface area contributed by atoms with Crippen LogP contribution < -0.4 is 5.56 Å². The highest BCUT2D eigenvalue weighted by Crippen LogP contribution is 2.49.